The minimum absolute atomic E-state index is 0. The number of halogens is 1. The van der Waals surface area contributed by atoms with E-state index in [-0.39, 0.29) is 61.4 Å². The van der Waals surface area contributed by atoms with E-state index in [2.05, 4.69) is 4.98 Å². The predicted octanol–water partition coefficient (Wildman–Crippen LogP) is 1.49. The zero-order valence-electron chi connectivity index (χ0n) is 7.38. The number of hydrogen-bond acceptors (Lipinski definition) is 3. The van der Waals surface area contributed by atoms with Crippen molar-refractivity contribution in [3.05, 3.63) is 35.5 Å². The Balaban J connectivity index is 0.00000128. The molecule has 1 N–H and O–H groups in total. The number of pyridine rings is 1. The molecular weight excluding hydrogens is 277 g/mol. The van der Waals surface area contributed by atoms with Crippen LogP contribution in [-0.4, -0.2) is 69.3 Å². The van der Waals surface area contributed by atoms with Crippen molar-refractivity contribution in [1.29, 1.82) is 0 Å². The minimum atomic E-state index is -4.32. The first kappa shape index (κ1) is 14.5. The fraction of sp³-hybridized carbons (Fsp3) is 0. The van der Waals surface area contributed by atoms with Crippen LogP contribution in [0.2, 0.25) is 5.15 Å². The zero-order chi connectivity index (χ0) is 11.1. The molecule has 0 unspecified atom stereocenters. The summed E-state index contributed by atoms with van der Waals surface area (Å²) in [5.41, 5.74) is 0.579. The number of rotatable bonds is 1. The number of benzene rings is 1. The van der Waals surface area contributed by atoms with E-state index in [0.717, 1.165) is 0 Å². The van der Waals surface area contributed by atoms with Crippen molar-refractivity contribution < 1.29 is 13.0 Å². The second kappa shape index (κ2) is 5.41. The van der Waals surface area contributed by atoms with Gasteiger partial charge in [0.15, 0.2) is 5.15 Å². The number of nitrogens with zero attached hydrogens (tertiary/aromatic N) is 1. The van der Waals surface area contributed by atoms with Gasteiger partial charge in [-0.3, -0.25) is 4.55 Å². The molecule has 1 aromatic carbocycles. The summed E-state index contributed by atoms with van der Waals surface area (Å²) in [5.74, 6) is 0. The second-order valence-electron chi connectivity index (χ2n) is 2.95. The Morgan fingerprint density at radius 2 is 1.88 bits per heavy atom. The molecule has 0 fully saturated rings. The molecule has 0 aliphatic rings. The average Bonchev–Trinajstić information content (AvgIpc) is 2.15. The predicted molar refractivity (Wildman–Crippen MR) is 63.7 cm³/mol. The summed E-state index contributed by atoms with van der Waals surface area (Å²) in [6.07, 6.45) is 0. The van der Waals surface area contributed by atoms with Crippen molar-refractivity contribution in [3.8, 4) is 0 Å². The van der Waals surface area contributed by atoms with Crippen LogP contribution >= 0.6 is 11.6 Å². The van der Waals surface area contributed by atoms with E-state index in [0.29, 0.717) is 10.9 Å². The van der Waals surface area contributed by atoms with Crippen LogP contribution in [0.15, 0.2) is 35.2 Å². The van der Waals surface area contributed by atoms with E-state index in [1.807, 2.05) is 0 Å². The molecule has 0 aliphatic carbocycles. The zero-order valence-corrected chi connectivity index (χ0v) is 8.96. The van der Waals surface area contributed by atoms with Crippen molar-refractivity contribution in [2.24, 2.45) is 0 Å². The Morgan fingerprint density at radius 3 is 2.50 bits per heavy atom. The van der Waals surface area contributed by atoms with Crippen LogP contribution in [-0.2, 0) is 10.1 Å². The molecule has 4 nitrogen and oxygen atoms in total. The Labute approximate surface area is 140 Å². The molecule has 80 valence electrons. The van der Waals surface area contributed by atoms with Gasteiger partial charge in [-0.2, -0.15) is 8.42 Å². The van der Waals surface area contributed by atoms with Crippen LogP contribution in [0, 0.1) is 0 Å². The van der Waals surface area contributed by atoms with Crippen LogP contribution in [0.3, 0.4) is 0 Å². The molecule has 0 amide bonds. The molecule has 16 heavy (non-hydrogen) atoms. The average molecular weight is 284 g/mol. The Morgan fingerprint density at radius 1 is 1.25 bits per heavy atom. The van der Waals surface area contributed by atoms with Gasteiger partial charge in [0.05, 0.1) is 5.52 Å². The number of aromatic nitrogens is 1. The van der Waals surface area contributed by atoms with E-state index < -0.39 is 10.1 Å². The van der Waals surface area contributed by atoms with E-state index in [1.165, 1.54) is 6.07 Å². The molecule has 0 atom stereocenters. The summed E-state index contributed by atoms with van der Waals surface area (Å²) in [6, 6.07) is 8.19. The molecule has 1 aromatic heterocycles. The summed E-state index contributed by atoms with van der Waals surface area (Å²) < 4.78 is 30.7. The topological polar surface area (TPSA) is 67.3 Å². The van der Waals surface area contributed by atoms with Gasteiger partial charge in [0.1, 0.15) is 4.90 Å². The van der Waals surface area contributed by atoms with Gasteiger partial charge >= 0.3 is 51.4 Å². The Bertz CT molecular complexity index is 630. The van der Waals surface area contributed by atoms with Gasteiger partial charge < -0.3 is 0 Å². The third-order valence-electron chi connectivity index (χ3n) is 1.92. The maximum atomic E-state index is 10.9. The fourth-order valence-corrected chi connectivity index (χ4v) is 2.23. The van der Waals surface area contributed by atoms with Crippen molar-refractivity contribution in [3.63, 3.8) is 0 Å². The third-order valence-corrected chi connectivity index (χ3v) is 3.19. The van der Waals surface area contributed by atoms with E-state index in [9.17, 15) is 8.42 Å². The van der Waals surface area contributed by atoms with Crippen molar-refractivity contribution in [2.75, 3.05) is 0 Å². The molecule has 1 heterocycles. The van der Waals surface area contributed by atoms with Crippen LogP contribution in [0.5, 0.6) is 0 Å². The molecule has 2 aromatic rings. The maximum absolute atomic E-state index is 10.9. The van der Waals surface area contributed by atoms with Gasteiger partial charge in [-0.1, -0.05) is 29.8 Å². The summed E-state index contributed by atoms with van der Waals surface area (Å²) in [5, 5.41) is 0.380. The quantitative estimate of drug-likeness (QED) is 0.489. The Kier molecular flexibility index (Phi) is 4.91. The van der Waals surface area contributed by atoms with Crippen molar-refractivity contribution in [2.45, 2.75) is 4.90 Å². The molecule has 2 rings (SSSR count). The third kappa shape index (κ3) is 3.02. The fourth-order valence-electron chi connectivity index (χ4n) is 1.25. The van der Waals surface area contributed by atoms with Gasteiger partial charge in [0, 0.05) is 5.39 Å². The normalized spacial score (nSPS) is 11.1. The van der Waals surface area contributed by atoms with Gasteiger partial charge in [-0.05, 0) is 12.1 Å². The van der Waals surface area contributed by atoms with Crippen molar-refractivity contribution >= 4 is 84.0 Å². The van der Waals surface area contributed by atoms with E-state index in [1.54, 1.807) is 24.3 Å². The molecular formula is C9H7ClKNO3S. The van der Waals surface area contributed by atoms with Crippen LogP contribution in [0.25, 0.3) is 10.9 Å². The summed E-state index contributed by atoms with van der Waals surface area (Å²) >= 11 is 5.64. The first-order chi connectivity index (χ1) is 6.98. The summed E-state index contributed by atoms with van der Waals surface area (Å²) in [7, 11) is -4.32. The molecule has 0 saturated carbocycles. The van der Waals surface area contributed by atoms with Gasteiger partial charge in [-0.25, -0.2) is 4.98 Å². The molecule has 0 saturated heterocycles. The van der Waals surface area contributed by atoms with Gasteiger partial charge in [-0.15, -0.1) is 0 Å². The second-order valence-corrected chi connectivity index (χ2v) is 4.69. The van der Waals surface area contributed by atoms with E-state index in [4.69, 9.17) is 16.2 Å². The van der Waals surface area contributed by atoms with E-state index >= 15 is 0 Å². The van der Waals surface area contributed by atoms with Gasteiger partial charge in [0.2, 0.25) is 0 Å². The number of para-hydroxylation sites is 1. The Hall–Kier alpha value is 0.466. The summed E-state index contributed by atoms with van der Waals surface area (Å²) in [6.45, 7) is 0. The molecule has 0 bridgehead atoms. The molecule has 7 heteroatoms. The van der Waals surface area contributed by atoms with Crippen LogP contribution < -0.4 is 0 Å². The van der Waals surface area contributed by atoms with Crippen molar-refractivity contribution in [1.82, 2.24) is 4.98 Å². The summed E-state index contributed by atoms with van der Waals surface area (Å²) in [4.78, 5) is 3.50. The molecule has 0 spiro atoms. The standard InChI is InChI=1S/C9H6ClNO3S.K.H/c10-9-8(15(12,13)14)5-6-3-1-2-4-7(6)11-9;;/h1-5H,(H,12,13,14);;. The van der Waals surface area contributed by atoms with Crippen LogP contribution in [0.1, 0.15) is 0 Å². The van der Waals surface area contributed by atoms with Crippen LogP contribution in [0.4, 0.5) is 0 Å². The van der Waals surface area contributed by atoms with Gasteiger partial charge in [0.25, 0.3) is 10.1 Å². The first-order valence-electron chi connectivity index (χ1n) is 4.01. The number of fused-ring (bicyclic) bond motifs is 1. The molecule has 0 aliphatic heterocycles. The first-order valence-corrected chi connectivity index (χ1v) is 5.83. The molecule has 0 radical (unpaired) electrons. The number of hydrogen-bond donors (Lipinski definition) is 1. The SMILES string of the molecule is O=S(=O)(O)c1cc2ccccc2nc1Cl.[KH]. The monoisotopic (exact) mass is 283 g/mol.